The quantitative estimate of drug-likeness (QED) is 0.533. The minimum Gasteiger partial charge on any atom is -0.493 e. The molecule has 1 heterocycles. The lowest BCUT2D eigenvalue weighted by Crippen LogP contribution is -2.54. The minimum atomic E-state index is -1.16. The first-order valence-electron chi connectivity index (χ1n) is 8.50. The maximum Gasteiger partial charge on any atom is 0.341 e. The Morgan fingerprint density at radius 1 is 1.17 bits per heavy atom. The van der Waals surface area contributed by atoms with Gasteiger partial charge >= 0.3 is 12.0 Å². The number of benzene rings is 2. The van der Waals surface area contributed by atoms with Gasteiger partial charge in [0.05, 0.1) is 17.8 Å². The van der Waals surface area contributed by atoms with E-state index in [9.17, 15) is 19.2 Å². The summed E-state index contributed by atoms with van der Waals surface area (Å²) < 4.78 is 10.3. The highest BCUT2D eigenvalue weighted by molar-refractivity contribution is 6.42. The molecule has 154 valence electrons. The fourth-order valence-electron chi connectivity index (χ4n) is 2.71. The van der Waals surface area contributed by atoms with Crippen LogP contribution in [0.1, 0.15) is 5.56 Å². The van der Waals surface area contributed by atoms with E-state index in [2.05, 4.69) is 5.32 Å². The van der Waals surface area contributed by atoms with E-state index in [4.69, 9.17) is 26.2 Å². The topological polar surface area (TPSA) is 122 Å². The number of amides is 4. The lowest BCUT2D eigenvalue weighted by molar-refractivity contribution is -0.139. The second-order valence-corrected chi connectivity index (χ2v) is 6.41. The van der Waals surface area contributed by atoms with Crippen molar-refractivity contribution in [1.82, 2.24) is 5.32 Å². The molecular weight excluding hydrogens is 416 g/mol. The van der Waals surface area contributed by atoms with Gasteiger partial charge in [-0.1, -0.05) is 29.8 Å². The SMILES string of the molecule is COc1cc(/C=C2\C(=O)NC(=O)N(c3ccccc3Cl)C2=O)ccc1OCC(=O)O. The Hall–Kier alpha value is -3.85. The number of aliphatic carboxylic acids is 1. The van der Waals surface area contributed by atoms with Crippen molar-refractivity contribution in [3.8, 4) is 11.5 Å². The number of imide groups is 2. The molecule has 0 saturated carbocycles. The van der Waals surface area contributed by atoms with Crippen LogP contribution in [0.2, 0.25) is 5.02 Å². The normalized spacial score (nSPS) is 15.2. The molecule has 0 spiro atoms. The van der Waals surface area contributed by atoms with Crippen LogP contribution in [0, 0.1) is 0 Å². The summed E-state index contributed by atoms with van der Waals surface area (Å²) in [7, 11) is 1.36. The van der Waals surface area contributed by atoms with Crippen molar-refractivity contribution in [1.29, 1.82) is 0 Å². The lowest BCUT2D eigenvalue weighted by atomic mass is 10.1. The Kier molecular flexibility index (Phi) is 6.03. The van der Waals surface area contributed by atoms with Gasteiger partial charge in [0.1, 0.15) is 5.57 Å². The number of rotatable bonds is 6. The van der Waals surface area contributed by atoms with E-state index in [1.165, 1.54) is 43.5 Å². The van der Waals surface area contributed by atoms with Crippen molar-refractivity contribution in [2.45, 2.75) is 0 Å². The van der Waals surface area contributed by atoms with Crippen LogP contribution in [0.3, 0.4) is 0 Å². The van der Waals surface area contributed by atoms with E-state index < -0.39 is 30.4 Å². The van der Waals surface area contributed by atoms with E-state index in [1.54, 1.807) is 12.1 Å². The minimum absolute atomic E-state index is 0.134. The van der Waals surface area contributed by atoms with Crippen molar-refractivity contribution in [2.24, 2.45) is 0 Å². The molecule has 1 fully saturated rings. The number of carbonyl (C=O) groups is 4. The van der Waals surface area contributed by atoms with Crippen LogP contribution in [0.5, 0.6) is 11.5 Å². The van der Waals surface area contributed by atoms with Crippen molar-refractivity contribution < 1.29 is 33.8 Å². The van der Waals surface area contributed by atoms with E-state index in [-0.39, 0.29) is 27.8 Å². The third kappa shape index (κ3) is 4.26. The van der Waals surface area contributed by atoms with Gasteiger partial charge in [-0.25, -0.2) is 14.5 Å². The van der Waals surface area contributed by atoms with Crippen LogP contribution in [-0.2, 0) is 14.4 Å². The zero-order valence-electron chi connectivity index (χ0n) is 15.5. The first-order chi connectivity index (χ1) is 14.3. The maximum atomic E-state index is 12.9. The molecule has 0 radical (unpaired) electrons. The molecule has 2 aromatic carbocycles. The van der Waals surface area contributed by atoms with Gasteiger partial charge in [0.2, 0.25) is 0 Å². The fourth-order valence-corrected chi connectivity index (χ4v) is 2.93. The number of nitrogens with one attached hydrogen (secondary N) is 1. The summed E-state index contributed by atoms with van der Waals surface area (Å²) in [6, 6.07) is 9.72. The average Bonchev–Trinajstić information content (AvgIpc) is 2.71. The molecule has 3 rings (SSSR count). The monoisotopic (exact) mass is 430 g/mol. The Balaban J connectivity index is 1.96. The summed E-state index contributed by atoms with van der Waals surface area (Å²) in [6.45, 7) is -0.563. The van der Waals surface area contributed by atoms with Gasteiger partial charge in [0.25, 0.3) is 11.8 Å². The highest BCUT2D eigenvalue weighted by atomic mass is 35.5. The van der Waals surface area contributed by atoms with E-state index in [0.29, 0.717) is 5.56 Å². The van der Waals surface area contributed by atoms with Crippen LogP contribution in [0.4, 0.5) is 10.5 Å². The lowest BCUT2D eigenvalue weighted by Gasteiger charge is -2.27. The molecule has 0 aliphatic carbocycles. The summed E-state index contributed by atoms with van der Waals surface area (Å²) in [4.78, 5) is 48.9. The van der Waals surface area contributed by atoms with Gasteiger partial charge in [-0.15, -0.1) is 0 Å². The zero-order valence-corrected chi connectivity index (χ0v) is 16.3. The number of hydrogen-bond donors (Lipinski definition) is 2. The van der Waals surface area contributed by atoms with Gasteiger partial charge in [-0.2, -0.15) is 0 Å². The summed E-state index contributed by atoms with van der Waals surface area (Å²) in [6.07, 6.45) is 1.28. The highest BCUT2D eigenvalue weighted by Crippen LogP contribution is 2.31. The molecule has 0 atom stereocenters. The van der Waals surface area contributed by atoms with Crippen LogP contribution in [0.25, 0.3) is 6.08 Å². The number of nitrogens with zero attached hydrogens (tertiary/aromatic N) is 1. The molecule has 0 unspecified atom stereocenters. The van der Waals surface area contributed by atoms with Crippen molar-refractivity contribution in [3.05, 3.63) is 58.6 Å². The van der Waals surface area contributed by atoms with E-state index in [1.807, 2.05) is 0 Å². The first kappa shape index (κ1) is 20.9. The average molecular weight is 431 g/mol. The smallest absolute Gasteiger partial charge is 0.341 e. The largest absolute Gasteiger partial charge is 0.493 e. The standard InChI is InChI=1S/C20H15ClN2O7/c1-29-16-9-11(6-7-15(16)30-10-17(24)25)8-12-18(26)22-20(28)23(19(12)27)14-5-3-2-4-13(14)21/h2-9H,10H2,1H3,(H,24,25)(H,22,26,28)/b12-8+. The third-order valence-corrected chi connectivity index (χ3v) is 4.36. The van der Waals surface area contributed by atoms with Gasteiger partial charge in [-0.3, -0.25) is 14.9 Å². The van der Waals surface area contributed by atoms with Crippen LogP contribution in [-0.4, -0.2) is 42.6 Å². The maximum absolute atomic E-state index is 12.9. The number of carbonyl (C=O) groups excluding carboxylic acids is 3. The molecule has 10 heteroatoms. The van der Waals surface area contributed by atoms with E-state index >= 15 is 0 Å². The van der Waals surface area contributed by atoms with Gasteiger partial charge in [-0.05, 0) is 35.9 Å². The molecule has 30 heavy (non-hydrogen) atoms. The third-order valence-electron chi connectivity index (χ3n) is 4.04. The molecule has 0 aromatic heterocycles. The summed E-state index contributed by atoms with van der Waals surface area (Å²) in [5.74, 6) is -2.49. The number of anilines is 1. The number of carboxylic acid groups (broad SMARTS) is 1. The summed E-state index contributed by atoms with van der Waals surface area (Å²) >= 11 is 6.09. The molecule has 0 bridgehead atoms. The van der Waals surface area contributed by atoms with Gasteiger partial charge in [0, 0.05) is 0 Å². The molecule has 4 amide bonds. The summed E-state index contributed by atoms with van der Waals surface area (Å²) in [5, 5.41) is 11.0. The number of ether oxygens (including phenoxy) is 2. The number of halogens is 1. The van der Waals surface area contributed by atoms with Crippen molar-refractivity contribution in [2.75, 3.05) is 18.6 Å². The highest BCUT2D eigenvalue weighted by Gasteiger charge is 2.37. The molecular formula is C20H15ClN2O7. The van der Waals surface area contributed by atoms with E-state index in [0.717, 1.165) is 4.90 Å². The predicted molar refractivity (Wildman–Crippen MR) is 107 cm³/mol. The Labute approximate surface area is 175 Å². The van der Waals surface area contributed by atoms with Crippen LogP contribution in [0.15, 0.2) is 48.0 Å². The second-order valence-electron chi connectivity index (χ2n) is 6.00. The first-order valence-corrected chi connectivity index (χ1v) is 8.88. The predicted octanol–water partition coefficient (Wildman–Crippen LogP) is 2.48. The number of barbiturate groups is 1. The molecule has 1 aliphatic heterocycles. The molecule has 2 N–H and O–H groups in total. The van der Waals surface area contributed by atoms with Crippen LogP contribution < -0.4 is 19.7 Å². The molecule has 1 aliphatic rings. The van der Waals surface area contributed by atoms with Crippen molar-refractivity contribution >= 4 is 47.2 Å². The van der Waals surface area contributed by atoms with Crippen molar-refractivity contribution in [3.63, 3.8) is 0 Å². The number of para-hydroxylation sites is 1. The molecule has 1 saturated heterocycles. The summed E-state index contributed by atoms with van der Waals surface area (Å²) in [5.41, 5.74) is 0.229. The molecule has 2 aromatic rings. The Morgan fingerprint density at radius 2 is 1.90 bits per heavy atom. The van der Waals surface area contributed by atoms with Gasteiger partial charge in [0.15, 0.2) is 18.1 Å². The number of methoxy groups -OCH3 is 1. The Bertz CT molecular complexity index is 1080. The number of urea groups is 1. The fraction of sp³-hybridized carbons (Fsp3) is 0.100. The van der Waals surface area contributed by atoms with Gasteiger partial charge < -0.3 is 14.6 Å². The number of hydrogen-bond acceptors (Lipinski definition) is 6. The zero-order chi connectivity index (χ0) is 21.8. The Morgan fingerprint density at radius 3 is 2.57 bits per heavy atom. The number of carboxylic acids is 1. The van der Waals surface area contributed by atoms with Crippen LogP contribution >= 0.6 is 11.6 Å². The molecule has 9 nitrogen and oxygen atoms in total. The second kappa shape index (κ2) is 8.66.